The van der Waals surface area contributed by atoms with E-state index >= 15 is 0 Å². The van der Waals surface area contributed by atoms with Gasteiger partial charge in [0.1, 0.15) is 10.8 Å². The first-order valence-corrected chi connectivity index (χ1v) is 8.58. The van der Waals surface area contributed by atoms with Gasteiger partial charge in [0.25, 0.3) is 0 Å². The van der Waals surface area contributed by atoms with E-state index in [1.807, 2.05) is 12.3 Å². The van der Waals surface area contributed by atoms with Gasteiger partial charge in [0.05, 0.1) is 0 Å². The molecule has 0 aliphatic heterocycles. The van der Waals surface area contributed by atoms with Crippen LogP contribution in [-0.4, -0.2) is 22.8 Å². The molecular weight excluding hydrogens is 286 g/mol. The van der Waals surface area contributed by atoms with Gasteiger partial charge in [0.2, 0.25) is 0 Å². The van der Waals surface area contributed by atoms with Gasteiger partial charge < -0.3 is 5.32 Å². The molecule has 1 N–H and O–H groups in total. The molecule has 0 aliphatic carbocycles. The van der Waals surface area contributed by atoms with Crippen molar-refractivity contribution in [3.8, 4) is 0 Å². The van der Waals surface area contributed by atoms with Crippen LogP contribution >= 0.6 is 23.5 Å². The summed E-state index contributed by atoms with van der Waals surface area (Å²) in [6.45, 7) is 7.19. The maximum Gasteiger partial charge on any atom is 0.190 e. The fraction of sp³-hybridized carbons (Fsp3) is 0.333. The summed E-state index contributed by atoms with van der Waals surface area (Å²) in [4.78, 5) is 10.2. The molecule has 0 radical (unpaired) electrons. The number of anilines is 1. The van der Waals surface area contributed by atoms with Gasteiger partial charge in [0.15, 0.2) is 5.16 Å². The number of hydrogen-bond donors (Lipinski definition) is 1. The van der Waals surface area contributed by atoms with Crippen molar-refractivity contribution >= 4 is 29.3 Å². The molecule has 0 saturated carbocycles. The van der Waals surface area contributed by atoms with Gasteiger partial charge in [0, 0.05) is 17.5 Å². The third-order valence-corrected chi connectivity index (χ3v) is 4.38. The van der Waals surface area contributed by atoms with Gasteiger partial charge >= 0.3 is 0 Å². The topological polar surface area (TPSA) is 37.8 Å². The Balaban J connectivity index is 2.27. The maximum absolute atomic E-state index is 4.56. The Morgan fingerprint density at radius 1 is 1.10 bits per heavy atom. The Kier molecular flexibility index (Phi) is 5.31. The van der Waals surface area contributed by atoms with Crippen LogP contribution in [0.15, 0.2) is 39.3 Å². The second kappa shape index (κ2) is 6.99. The molecule has 1 heterocycles. The van der Waals surface area contributed by atoms with Crippen LogP contribution in [0.5, 0.6) is 0 Å². The van der Waals surface area contributed by atoms with Crippen molar-refractivity contribution < 1.29 is 0 Å². The number of nitrogens with zero attached hydrogens (tertiary/aromatic N) is 2. The molecule has 0 fully saturated rings. The van der Waals surface area contributed by atoms with Crippen molar-refractivity contribution in [2.75, 3.05) is 18.1 Å². The predicted octanol–water partition coefficient (Wildman–Crippen LogP) is 4.40. The standard InChI is InChI=1S/C15H19N3S2/c1-5-16-13-9-14(18-15(17-13)19-4)20-12-7-6-10(2)11(3)8-12/h6-9H,5H2,1-4H3,(H,16,17,18). The molecule has 0 saturated heterocycles. The normalized spacial score (nSPS) is 10.6. The quantitative estimate of drug-likeness (QED) is 0.503. The molecule has 106 valence electrons. The number of nitrogens with one attached hydrogen (secondary N) is 1. The predicted molar refractivity (Wildman–Crippen MR) is 88.0 cm³/mol. The average Bonchev–Trinajstić information content (AvgIpc) is 2.43. The summed E-state index contributed by atoms with van der Waals surface area (Å²) in [7, 11) is 0. The van der Waals surface area contributed by atoms with Crippen LogP contribution in [0.4, 0.5) is 5.82 Å². The average molecular weight is 305 g/mol. The zero-order valence-corrected chi connectivity index (χ0v) is 13.9. The van der Waals surface area contributed by atoms with Crippen molar-refractivity contribution in [2.24, 2.45) is 0 Å². The molecule has 0 amide bonds. The van der Waals surface area contributed by atoms with E-state index < -0.39 is 0 Å². The van der Waals surface area contributed by atoms with Crippen LogP contribution in [0.25, 0.3) is 0 Å². The monoisotopic (exact) mass is 305 g/mol. The van der Waals surface area contributed by atoms with Crippen molar-refractivity contribution in [2.45, 2.75) is 35.8 Å². The Morgan fingerprint density at radius 2 is 1.90 bits per heavy atom. The highest BCUT2D eigenvalue weighted by Crippen LogP contribution is 2.30. The minimum Gasteiger partial charge on any atom is -0.370 e. The molecule has 0 bridgehead atoms. The van der Waals surface area contributed by atoms with E-state index in [4.69, 9.17) is 0 Å². The van der Waals surface area contributed by atoms with Crippen LogP contribution in [0.1, 0.15) is 18.1 Å². The third-order valence-electron chi connectivity index (χ3n) is 2.92. The zero-order chi connectivity index (χ0) is 14.5. The van der Waals surface area contributed by atoms with Crippen molar-refractivity contribution in [1.82, 2.24) is 9.97 Å². The van der Waals surface area contributed by atoms with Crippen molar-refractivity contribution in [3.63, 3.8) is 0 Å². The molecule has 3 nitrogen and oxygen atoms in total. The summed E-state index contributed by atoms with van der Waals surface area (Å²) in [5, 5.41) is 5.03. The van der Waals surface area contributed by atoms with E-state index in [1.165, 1.54) is 16.0 Å². The van der Waals surface area contributed by atoms with Crippen LogP contribution in [0.3, 0.4) is 0 Å². The highest BCUT2D eigenvalue weighted by molar-refractivity contribution is 7.99. The summed E-state index contributed by atoms with van der Waals surface area (Å²) in [5.74, 6) is 0.887. The van der Waals surface area contributed by atoms with E-state index in [-0.39, 0.29) is 0 Å². The zero-order valence-electron chi connectivity index (χ0n) is 12.2. The fourth-order valence-electron chi connectivity index (χ4n) is 1.72. The minimum atomic E-state index is 0.801. The molecule has 2 rings (SSSR count). The summed E-state index contributed by atoms with van der Waals surface area (Å²) < 4.78 is 0. The van der Waals surface area contributed by atoms with Gasteiger partial charge in [-0.05, 0) is 50.3 Å². The molecule has 20 heavy (non-hydrogen) atoms. The molecule has 0 unspecified atom stereocenters. The maximum atomic E-state index is 4.56. The second-order valence-corrected chi connectivity index (χ2v) is 6.32. The summed E-state index contributed by atoms with van der Waals surface area (Å²) >= 11 is 3.24. The number of aryl methyl sites for hydroxylation is 2. The lowest BCUT2D eigenvalue weighted by atomic mass is 10.1. The number of benzene rings is 1. The Morgan fingerprint density at radius 3 is 2.55 bits per heavy atom. The number of aromatic nitrogens is 2. The SMILES string of the molecule is CCNc1cc(Sc2ccc(C)c(C)c2)nc(SC)n1. The Bertz CT molecular complexity index is 600. The molecule has 5 heteroatoms. The van der Waals surface area contributed by atoms with E-state index in [9.17, 15) is 0 Å². The van der Waals surface area contributed by atoms with Crippen molar-refractivity contribution in [1.29, 1.82) is 0 Å². The molecule has 1 aromatic heterocycles. The van der Waals surface area contributed by atoms with Gasteiger partial charge in [-0.1, -0.05) is 29.6 Å². The summed E-state index contributed by atoms with van der Waals surface area (Å²) in [6.07, 6.45) is 2.00. The Labute approximate surface area is 129 Å². The van der Waals surface area contributed by atoms with Gasteiger partial charge in [-0.25, -0.2) is 9.97 Å². The largest absolute Gasteiger partial charge is 0.370 e. The molecule has 2 aromatic rings. The van der Waals surface area contributed by atoms with Crippen LogP contribution in [0.2, 0.25) is 0 Å². The van der Waals surface area contributed by atoms with Crippen LogP contribution < -0.4 is 5.32 Å². The lowest BCUT2D eigenvalue weighted by Crippen LogP contribution is -2.01. The van der Waals surface area contributed by atoms with E-state index in [0.29, 0.717) is 0 Å². The lowest BCUT2D eigenvalue weighted by molar-refractivity contribution is 0.891. The molecule has 0 atom stereocenters. The summed E-state index contributed by atoms with van der Waals surface area (Å²) in [6, 6.07) is 8.50. The number of rotatable bonds is 5. The highest BCUT2D eigenvalue weighted by Gasteiger charge is 2.06. The Hall–Kier alpha value is -1.20. The molecule has 0 spiro atoms. The molecule has 1 aromatic carbocycles. The minimum absolute atomic E-state index is 0.801. The third kappa shape index (κ3) is 3.90. The van der Waals surface area contributed by atoms with E-state index in [2.05, 4.69) is 54.3 Å². The van der Waals surface area contributed by atoms with Gasteiger partial charge in [-0.15, -0.1) is 0 Å². The fourth-order valence-corrected chi connectivity index (χ4v) is 3.07. The summed E-state index contributed by atoms with van der Waals surface area (Å²) in [5.41, 5.74) is 2.62. The van der Waals surface area contributed by atoms with E-state index in [0.717, 1.165) is 22.5 Å². The highest BCUT2D eigenvalue weighted by atomic mass is 32.2. The first kappa shape index (κ1) is 15.2. The first-order valence-electron chi connectivity index (χ1n) is 6.54. The smallest absolute Gasteiger partial charge is 0.190 e. The van der Waals surface area contributed by atoms with Crippen LogP contribution in [-0.2, 0) is 0 Å². The number of hydrogen-bond acceptors (Lipinski definition) is 5. The van der Waals surface area contributed by atoms with Gasteiger partial charge in [-0.3, -0.25) is 0 Å². The number of thioether (sulfide) groups is 1. The molecular formula is C15H19N3S2. The van der Waals surface area contributed by atoms with Crippen LogP contribution in [0, 0.1) is 13.8 Å². The lowest BCUT2D eigenvalue weighted by Gasteiger charge is -2.08. The van der Waals surface area contributed by atoms with Gasteiger partial charge in [-0.2, -0.15) is 0 Å². The van der Waals surface area contributed by atoms with Crippen molar-refractivity contribution in [3.05, 3.63) is 35.4 Å². The first-order chi connectivity index (χ1) is 9.62. The van der Waals surface area contributed by atoms with E-state index in [1.54, 1.807) is 23.5 Å². The molecule has 0 aliphatic rings. The second-order valence-electron chi connectivity index (χ2n) is 4.46.